The monoisotopic (exact) mass is 279 g/mol. The lowest BCUT2D eigenvalue weighted by Gasteiger charge is -2.19. The number of hydrogen-bond acceptors (Lipinski definition) is 1. The van der Waals surface area contributed by atoms with Gasteiger partial charge in [-0.25, -0.2) is 4.39 Å². The van der Waals surface area contributed by atoms with E-state index in [4.69, 9.17) is 0 Å². The molecule has 0 aliphatic rings. The second-order valence-corrected chi connectivity index (χ2v) is 5.73. The quantitative estimate of drug-likeness (QED) is 0.593. The van der Waals surface area contributed by atoms with Gasteiger partial charge >= 0.3 is 0 Å². The molecule has 1 atom stereocenters. The van der Waals surface area contributed by atoms with Crippen molar-refractivity contribution >= 4 is 0 Å². The topological polar surface area (TPSA) is 12.0 Å². The van der Waals surface area contributed by atoms with Gasteiger partial charge in [0.15, 0.2) is 0 Å². The first kappa shape index (κ1) is 17.2. The second kappa shape index (κ2) is 9.93. The van der Waals surface area contributed by atoms with Crippen molar-refractivity contribution in [2.24, 2.45) is 0 Å². The van der Waals surface area contributed by atoms with Crippen molar-refractivity contribution in [3.05, 3.63) is 35.1 Å². The summed E-state index contributed by atoms with van der Waals surface area (Å²) in [6, 6.07) is 5.60. The Kier molecular flexibility index (Phi) is 8.52. The molecule has 0 spiro atoms. The Morgan fingerprint density at radius 1 is 1.10 bits per heavy atom. The maximum Gasteiger partial charge on any atom is 0.123 e. The van der Waals surface area contributed by atoms with E-state index in [1.54, 1.807) is 12.1 Å². The average Bonchev–Trinajstić information content (AvgIpc) is 2.42. The van der Waals surface area contributed by atoms with Crippen LogP contribution in [0.5, 0.6) is 0 Å². The fraction of sp³-hybridized carbons (Fsp3) is 0.667. The van der Waals surface area contributed by atoms with Crippen LogP contribution in [0.4, 0.5) is 4.39 Å². The Morgan fingerprint density at radius 3 is 2.55 bits per heavy atom. The van der Waals surface area contributed by atoms with Gasteiger partial charge in [-0.2, -0.15) is 0 Å². The van der Waals surface area contributed by atoms with E-state index < -0.39 is 0 Å². The summed E-state index contributed by atoms with van der Waals surface area (Å²) in [6.07, 6.45) is 8.69. The predicted molar refractivity (Wildman–Crippen MR) is 85.7 cm³/mol. The molecule has 0 aliphatic heterocycles. The lowest BCUT2D eigenvalue weighted by Crippen LogP contribution is -2.31. The van der Waals surface area contributed by atoms with E-state index in [-0.39, 0.29) is 5.82 Å². The maximum absolute atomic E-state index is 13.4. The minimum atomic E-state index is -0.121. The first-order chi connectivity index (χ1) is 9.67. The van der Waals surface area contributed by atoms with Crippen molar-refractivity contribution in [3.63, 3.8) is 0 Å². The van der Waals surface area contributed by atoms with Crippen LogP contribution in [0, 0.1) is 12.7 Å². The highest BCUT2D eigenvalue weighted by molar-refractivity contribution is 5.27. The number of hydrogen-bond donors (Lipinski definition) is 1. The van der Waals surface area contributed by atoms with Crippen LogP contribution in [-0.2, 0) is 6.42 Å². The van der Waals surface area contributed by atoms with E-state index in [1.165, 1.54) is 44.1 Å². The van der Waals surface area contributed by atoms with E-state index in [0.29, 0.717) is 6.04 Å². The van der Waals surface area contributed by atoms with Crippen LogP contribution >= 0.6 is 0 Å². The average molecular weight is 279 g/mol. The molecule has 2 heteroatoms. The van der Waals surface area contributed by atoms with Crippen LogP contribution in [0.2, 0.25) is 0 Å². The third kappa shape index (κ3) is 6.51. The van der Waals surface area contributed by atoms with Gasteiger partial charge in [-0.05, 0) is 49.6 Å². The SMILES string of the molecule is CCCCCCCC(Cc1cc(F)ccc1C)NCC. The summed E-state index contributed by atoms with van der Waals surface area (Å²) in [5, 5.41) is 3.55. The van der Waals surface area contributed by atoms with Gasteiger partial charge in [-0.3, -0.25) is 0 Å². The number of unbranched alkanes of at least 4 members (excludes halogenated alkanes) is 4. The Balaban J connectivity index is 2.47. The fourth-order valence-electron chi connectivity index (χ4n) is 2.68. The van der Waals surface area contributed by atoms with E-state index in [2.05, 4.69) is 26.1 Å². The molecule has 114 valence electrons. The van der Waals surface area contributed by atoms with Crippen molar-refractivity contribution in [1.82, 2.24) is 5.32 Å². The van der Waals surface area contributed by atoms with Crippen molar-refractivity contribution in [2.45, 2.75) is 71.8 Å². The summed E-state index contributed by atoms with van der Waals surface area (Å²) in [5.41, 5.74) is 2.34. The lowest BCUT2D eigenvalue weighted by atomic mass is 9.97. The van der Waals surface area contributed by atoms with E-state index >= 15 is 0 Å². The highest BCUT2D eigenvalue weighted by Crippen LogP contribution is 2.16. The van der Waals surface area contributed by atoms with Crippen LogP contribution in [0.25, 0.3) is 0 Å². The molecule has 1 unspecified atom stereocenters. The Labute approximate surface area is 124 Å². The fourth-order valence-corrected chi connectivity index (χ4v) is 2.68. The smallest absolute Gasteiger partial charge is 0.123 e. The lowest BCUT2D eigenvalue weighted by molar-refractivity contribution is 0.459. The summed E-state index contributed by atoms with van der Waals surface area (Å²) in [7, 11) is 0. The van der Waals surface area contributed by atoms with Gasteiger partial charge in [0.2, 0.25) is 0 Å². The van der Waals surface area contributed by atoms with Crippen LogP contribution in [-0.4, -0.2) is 12.6 Å². The third-order valence-electron chi connectivity index (χ3n) is 3.93. The molecule has 0 aromatic heterocycles. The zero-order valence-electron chi connectivity index (χ0n) is 13.3. The number of halogens is 1. The van der Waals surface area contributed by atoms with Gasteiger partial charge in [0, 0.05) is 6.04 Å². The maximum atomic E-state index is 13.4. The molecular weight excluding hydrogens is 249 g/mol. The minimum absolute atomic E-state index is 0.121. The molecule has 0 amide bonds. The molecule has 0 saturated carbocycles. The van der Waals surface area contributed by atoms with Gasteiger partial charge in [0.1, 0.15) is 5.82 Å². The zero-order valence-corrected chi connectivity index (χ0v) is 13.3. The van der Waals surface area contributed by atoms with E-state index in [1.807, 2.05) is 6.07 Å². The molecular formula is C18H30FN. The molecule has 0 fully saturated rings. The number of benzene rings is 1. The Bertz CT molecular complexity index is 376. The molecule has 1 nitrogen and oxygen atoms in total. The largest absolute Gasteiger partial charge is 0.314 e. The number of rotatable bonds is 10. The van der Waals surface area contributed by atoms with Gasteiger partial charge in [-0.15, -0.1) is 0 Å². The van der Waals surface area contributed by atoms with Crippen molar-refractivity contribution in [1.29, 1.82) is 0 Å². The second-order valence-electron chi connectivity index (χ2n) is 5.73. The van der Waals surface area contributed by atoms with Crippen LogP contribution in [0.15, 0.2) is 18.2 Å². The van der Waals surface area contributed by atoms with E-state index in [9.17, 15) is 4.39 Å². The number of nitrogens with one attached hydrogen (secondary N) is 1. The predicted octanol–water partition coefficient (Wildman–Crippen LogP) is 5.02. The molecule has 0 bridgehead atoms. The van der Waals surface area contributed by atoms with Crippen LogP contribution < -0.4 is 5.32 Å². The molecule has 1 aromatic rings. The highest BCUT2D eigenvalue weighted by atomic mass is 19.1. The molecule has 0 aliphatic carbocycles. The minimum Gasteiger partial charge on any atom is -0.314 e. The van der Waals surface area contributed by atoms with Gasteiger partial charge in [-0.1, -0.05) is 52.0 Å². The number of likely N-dealkylation sites (N-methyl/N-ethyl adjacent to an activating group) is 1. The van der Waals surface area contributed by atoms with Crippen molar-refractivity contribution < 1.29 is 4.39 Å². The molecule has 1 rings (SSSR count). The van der Waals surface area contributed by atoms with E-state index in [0.717, 1.165) is 18.5 Å². The zero-order chi connectivity index (χ0) is 14.8. The first-order valence-electron chi connectivity index (χ1n) is 8.15. The molecule has 0 saturated heterocycles. The summed E-state index contributed by atoms with van der Waals surface area (Å²) >= 11 is 0. The molecule has 1 N–H and O–H groups in total. The first-order valence-corrected chi connectivity index (χ1v) is 8.15. The molecule has 20 heavy (non-hydrogen) atoms. The summed E-state index contributed by atoms with van der Waals surface area (Å²) in [4.78, 5) is 0. The third-order valence-corrected chi connectivity index (χ3v) is 3.93. The standard InChI is InChI=1S/C18H30FN/c1-4-6-7-8-9-10-18(20-5-2)14-16-13-17(19)12-11-15(16)3/h11-13,18,20H,4-10,14H2,1-3H3. The molecule has 0 heterocycles. The molecule has 0 radical (unpaired) electrons. The Morgan fingerprint density at radius 2 is 1.85 bits per heavy atom. The summed E-state index contributed by atoms with van der Waals surface area (Å²) < 4.78 is 13.4. The van der Waals surface area contributed by atoms with Gasteiger partial charge in [0.05, 0.1) is 0 Å². The normalized spacial score (nSPS) is 12.6. The van der Waals surface area contributed by atoms with Crippen LogP contribution in [0.1, 0.15) is 63.5 Å². The highest BCUT2D eigenvalue weighted by Gasteiger charge is 2.10. The molecule has 1 aromatic carbocycles. The summed E-state index contributed by atoms with van der Waals surface area (Å²) in [6.45, 7) is 7.43. The van der Waals surface area contributed by atoms with Crippen molar-refractivity contribution in [3.8, 4) is 0 Å². The van der Waals surface area contributed by atoms with Crippen LogP contribution in [0.3, 0.4) is 0 Å². The van der Waals surface area contributed by atoms with Gasteiger partial charge in [0.25, 0.3) is 0 Å². The number of aryl methyl sites for hydroxylation is 1. The summed E-state index contributed by atoms with van der Waals surface area (Å²) in [5.74, 6) is -0.121. The van der Waals surface area contributed by atoms with Gasteiger partial charge < -0.3 is 5.32 Å². The Hall–Kier alpha value is -0.890. The van der Waals surface area contributed by atoms with Crippen molar-refractivity contribution in [2.75, 3.05) is 6.54 Å².